The summed E-state index contributed by atoms with van der Waals surface area (Å²) in [6, 6.07) is 8.44. The SMILES string of the molecule is Cc1ccc(N2C(=O)/C(=C/c3cc(Br)c(O)c([N+](=O)[O-])c3)SC2=S)c(C)c1. The molecule has 0 atom stereocenters. The van der Waals surface area contributed by atoms with E-state index in [0.717, 1.165) is 22.9 Å². The minimum Gasteiger partial charge on any atom is -0.501 e. The number of phenols is 1. The maximum absolute atomic E-state index is 12.9. The molecule has 0 bridgehead atoms. The molecule has 0 spiro atoms. The number of nitro benzene ring substituents is 1. The Hall–Kier alpha value is -2.23. The van der Waals surface area contributed by atoms with Crippen molar-refractivity contribution in [3.05, 3.63) is 66.5 Å². The zero-order valence-electron chi connectivity index (χ0n) is 14.2. The second-order valence-corrected chi connectivity index (χ2v) is 8.46. The molecule has 1 saturated heterocycles. The van der Waals surface area contributed by atoms with Crippen molar-refractivity contribution in [2.75, 3.05) is 4.90 Å². The highest BCUT2D eigenvalue weighted by molar-refractivity contribution is 9.10. The molecule has 27 heavy (non-hydrogen) atoms. The van der Waals surface area contributed by atoms with Crippen molar-refractivity contribution in [1.29, 1.82) is 0 Å². The zero-order chi connectivity index (χ0) is 19.9. The molecular weight excluding hydrogens is 452 g/mol. The van der Waals surface area contributed by atoms with Crippen LogP contribution < -0.4 is 4.90 Å². The van der Waals surface area contributed by atoms with Crippen LogP contribution in [0.25, 0.3) is 6.08 Å². The van der Waals surface area contributed by atoms with Crippen molar-refractivity contribution in [1.82, 2.24) is 0 Å². The molecule has 138 valence electrons. The second kappa shape index (κ2) is 7.41. The van der Waals surface area contributed by atoms with Gasteiger partial charge in [0.05, 0.1) is 20.0 Å². The zero-order valence-corrected chi connectivity index (χ0v) is 17.4. The molecule has 9 heteroatoms. The van der Waals surface area contributed by atoms with Gasteiger partial charge >= 0.3 is 5.69 Å². The van der Waals surface area contributed by atoms with Crippen molar-refractivity contribution in [3.8, 4) is 5.75 Å². The fourth-order valence-electron chi connectivity index (χ4n) is 2.71. The van der Waals surface area contributed by atoms with Crippen molar-refractivity contribution in [2.24, 2.45) is 0 Å². The maximum atomic E-state index is 12.9. The summed E-state index contributed by atoms with van der Waals surface area (Å²) in [6.45, 7) is 3.88. The molecule has 1 fully saturated rings. The van der Waals surface area contributed by atoms with Crippen LogP contribution in [0.5, 0.6) is 5.75 Å². The first-order valence-electron chi connectivity index (χ1n) is 7.71. The topological polar surface area (TPSA) is 83.7 Å². The number of hydrogen-bond acceptors (Lipinski definition) is 6. The number of hydrogen-bond donors (Lipinski definition) is 1. The van der Waals surface area contributed by atoms with Gasteiger partial charge in [-0.05, 0) is 59.1 Å². The number of carbonyl (C=O) groups excluding carboxylic acids is 1. The predicted molar refractivity (Wildman–Crippen MR) is 114 cm³/mol. The summed E-state index contributed by atoms with van der Waals surface area (Å²) in [5, 5.41) is 20.9. The van der Waals surface area contributed by atoms with Crippen LogP contribution in [0.2, 0.25) is 0 Å². The van der Waals surface area contributed by atoms with Gasteiger partial charge < -0.3 is 5.11 Å². The largest absolute Gasteiger partial charge is 0.501 e. The first-order chi connectivity index (χ1) is 12.7. The Morgan fingerprint density at radius 1 is 1.30 bits per heavy atom. The Balaban J connectivity index is 2.01. The molecule has 6 nitrogen and oxygen atoms in total. The Bertz CT molecular complexity index is 1040. The lowest BCUT2D eigenvalue weighted by atomic mass is 10.1. The highest BCUT2D eigenvalue weighted by Gasteiger charge is 2.34. The van der Waals surface area contributed by atoms with Crippen LogP contribution in [-0.4, -0.2) is 20.3 Å². The van der Waals surface area contributed by atoms with Gasteiger partial charge in [-0.25, -0.2) is 0 Å². The van der Waals surface area contributed by atoms with Crippen LogP contribution in [0.4, 0.5) is 11.4 Å². The van der Waals surface area contributed by atoms with Crippen LogP contribution in [0.3, 0.4) is 0 Å². The van der Waals surface area contributed by atoms with Crippen LogP contribution in [0.15, 0.2) is 39.7 Å². The van der Waals surface area contributed by atoms with E-state index >= 15 is 0 Å². The van der Waals surface area contributed by atoms with Gasteiger partial charge in [-0.15, -0.1) is 0 Å². The standard InChI is InChI=1S/C18H13BrN2O4S2/c1-9-3-4-13(10(2)5-9)20-17(23)15(27-18(20)26)8-11-6-12(19)16(22)14(7-11)21(24)25/h3-8,22H,1-2H3/b15-8-. The summed E-state index contributed by atoms with van der Waals surface area (Å²) in [4.78, 5) is 25.1. The molecule has 0 saturated carbocycles. The molecule has 0 aromatic heterocycles. The fourth-order valence-corrected chi connectivity index (χ4v) is 4.46. The predicted octanol–water partition coefficient (Wildman–Crippen LogP) is 5.09. The van der Waals surface area contributed by atoms with E-state index in [4.69, 9.17) is 12.2 Å². The van der Waals surface area contributed by atoms with Gasteiger partial charge in [-0.3, -0.25) is 19.8 Å². The highest BCUT2D eigenvalue weighted by atomic mass is 79.9. The average molecular weight is 465 g/mol. The van der Waals surface area contributed by atoms with Gasteiger partial charge in [-0.1, -0.05) is 41.7 Å². The van der Waals surface area contributed by atoms with E-state index < -0.39 is 16.4 Å². The molecule has 0 aliphatic carbocycles. The number of aromatic hydroxyl groups is 1. The van der Waals surface area contributed by atoms with E-state index in [1.54, 1.807) is 0 Å². The number of nitrogens with zero attached hydrogens (tertiary/aromatic N) is 2. The highest BCUT2D eigenvalue weighted by Crippen LogP contribution is 2.40. The van der Waals surface area contributed by atoms with Crippen LogP contribution in [0.1, 0.15) is 16.7 Å². The van der Waals surface area contributed by atoms with E-state index in [-0.39, 0.29) is 10.4 Å². The number of nitro groups is 1. The minimum atomic E-state index is -0.682. The average Bonchev–Trinajstić information content (AvgIpc) is 2.85. The molecule has 2 aromatic rings. The summed E-state index contributed by atoms with van der Waals surface area (Å²) >= 11 is 9.59. The number of thiocarbonyl (C=S) groups is 1. The van der Waals surface area contributed by atoms with Crippen molar-refractivity contribution < 1.29 is 14.8 Å². The molecular formula is C18H13BrN2O4S2. The molecule has 0 radical (unpaired) electrons. The van der Waals surface area contributed by atoms with Gasteiger partial charge in [0.1, 0.15) is 0 Å². The first-order valence-corrected chi connectivity index (χ1v) is 9.73. The van der Waals surface area contributed by atoms with Gasteiger partial charge in [0.2, 0.25) is 5.75 Å². The molecule has 1 aliphatic rings. The third kappa shape index (κ3) is 3.76. The third-order valence-corrected chi connectivity index (χ3v) is 5.85. The molecule has 2 aromatic carbocycles. The Morgan fingerprint density at radius 2 is 2.00 bits per heavy atom. The number of halogens is 1. The number of rotatable bonds is 3. The van der Waals surface area contributed by atoms with Crippen molar-refractivity contribution >= 4 is 67.6 Å². The van der Waals surface area contributed by atoms with Crippen molar-refractivity contribution in [3.63, 3.8) is 0 Å². The molecule has 3 rings (SSSR count). The minimum absolute atomic E-state index is 0.174. The van der Waals surface area contributed by atoms with Crippen LogP contribution in [-0.2, 0) is 4.79 Å². The third-order valence-electron chi connectivity index (χ3n) is 3.95. The number of amides is 1. The van der Waals surface area contributed by atoms with Crippen LogP contribution >= 0.6 is 39.9 Å². The monoisotopic (exact) mass is 464 g/mol. The second-order valence-electron chi connectivity index (χ2n) is 5.93. The molecule has 1 N–H and O–H groups in total. The number of anilines is 1. The first kappa shape index (κ1) is 19.5. The fraction of sp³-hybridized carbons (Fsp3) is 0.111. The Morgan fingerprint density at radius 3 is 2.63 bits per heavy atom. The van der Waals surface area contributed by atoms with Gasteiger partial charge in [-0.2, -0.15) is 0 Å². The van der Waals surface area contributed by atoms with E-state index in [1.165, 1.54) is 23.1 Å². The summed E-state index contributed by atoms with van der Waals surface area (Å²) in [6.07, 6.45) is 1.53. The molecule has 1 amide bonds. The molecule has 0 unspecified atom stereocenters. The summed E-state index contributed by atoms with van der Waals surface area (Å²) in [7, 11) is 0. The van der Waals surface area contributed by atoms with Gasteiger partial charge in [0.25, 0.3) is 5.91 Å². The normalized spacial score (nSPS) is 15.7. The lowest BCUT2D eigenvalue weighted by Crippen LogP contribution is -2.28. The lowest BCUT2D eigenvalue weighted by molar-refractivity contribution is -0.386. The summed E-state index contributed by atoms with van der Waals surface area (Å²) < 4.78 is 0.568. The van der Waals surface area contributed by atoms with E-state index in [1.807, 2.05) is 32.0 Å². The smallest absolute Gasteiger partial charge is 0.312 e. The van der Waals surface area contributed by atoms with Crippen LogP contribution in [0, 0.1) is 24.0 Å². The summed E-state index contributed by atoms with van der Waals surface area (Å²) in [5.74, 6) is -0.746. The molecule has 1 aliphatic heterocycles. The number of phenolic OH excluding ortho intramolecular Hbond substituents is 1. The molecule has 1 heterocycles. The number of carbonyl (C=O) groups is 1. The lowest BCUT2D eigenvalue weighted by Gasteiger charge is -2.17. The summed E-state index contributed by atoms with van der Waals surface area (Å²) in [5.41, 5.74) is 2.69. The van der Waals surface area contributed by atoms with Gasteiger partial charge in [0.15, 0.2) is 4.32 Å². The van der Waals surface area contributed by atoms with Crippen molar-refractivity contribution in [2.45, 2.75) is 13.8 Å². The quantitative estimate of drug-likeness (QED) is 0.295. The van der Waals surface area contributed by atoms with E-state index in [2.05, 4.69) is 15.9 Å². The number of aryl methyl sites for hydroxylation is 2. The Labute approximate surface area is 173 Å². The number of thioether (sulfide) groups is 1. The van der Waals surface area contributed by atoms with E-state index in [0.29, 0.717) is 20.5 Å². The van der Waals surface area contributed by atoms with Gasteiger partial charge in [0, 0.05) is 6.07 Å². The van der Waals surface area contributed by atoms with E-state index in [9.17, 15) is 20.0 Å². The Kier molecular flexibility index (Phi) is 5.36. The maximum Gasteiger partial charge on any atom is 0.312 e. The number of benzene rings is 2.